The number of hydrogen-bond donors (Lipinski definition) is 1. The van der Waals surface area contributed by atoms with Gasteiger partial charge in [0.25, 0.3) is 0 Å². The van der Waals surface area contributed by atoms with Gasteiger partial charge >= 0.3 is 0 Å². The molecule has 2 heterocycles. The first-order valence-corrected chi connectivity index (χ1v) is 7.39. The summed E-state index contributed by atoms with van der Waals surface area (Å²) >= 11 is 0. The smallest absolute Gasteiger partial charge is 0.227 e. The summed E-state index contributed by atoms with van der Waals surface area (Å²) < 4.78 is 0. The molecule has 1 aliphatic rings. The molecule has 0 amide bonds. The highest BCUT2D eigenvalue weighted by atomic mass is 15.3. The Labute approximate surface area is 116 Å². The van der Waals surface area contributed by atoms with Crippen LogP contribution in [0.5, 0.6) is 0 Å². The largest absolute Gasteiger partial charge is 0.370 e. The molecular formula is C15H26N4. The molecule has 0 bridgehead atoms. The van der Waals surface area contributed by atoms with Crippen molar-refractivity contribution < 1.29 is 0 Å². The Morgan fingerprint density at radius 2 is 1.89 bits per heavy atom. The van der Waals surface area contributed by atoms with Gasteiger partial charge in [-0.05, 0) is 19.3 Å². The van der Waals surface area contributed by atoms with Crippen LogP contribution in [0.3, 0.4) is 0 Å². The van der Waals surface area contributed by atoms with E-state index in [4.69, 9.17) is 4.98 Å². The van der Waals surface area contributed by atoms with Crippen LogP contribution in [0.2, 0.25) is 0 Å². The molecule has 4 heteroatoms. The van der Waals surface area contributed by atoms with E-state index in [0.29, 0.717) is 0 Å². The molecule has 0 atom stereocenters. The third-order valence-corrected chi connectivity index (χ3v) is 3.43. The van der Waals surface area contributed by atoms with E-state index in [1.165, 1.54) is 12.8 Å². The lowest BCUT2D eigenvalue weighted by atomic mass is 9.92. The summed E-state index contributed by atoms with van der Waals surface area (Å²) in [4.78, 5) is 11.7. The summed E-state index contributed by atoms with van der Waals surface area (Å²) in [5.41, 5.74) is 1.17. The maximum atomic E-state index is 4.77. The summed E-state index contributed by atoms with van der Waals surface area (Å²) in [5, 5.41) is 3.39. The van der Waals surface area contributed by atoms with Crippen LogP contribution in [0, 0.1) is 0 Å². The van der Waals surface area contributed by atoms with Gasteiger partial charge in [0.05, 0.1) is 5.69 Å². The van der Waals surface area contributed by atoms with Crippen molar-refractivity contribution in [2.45, 2.75) is 52.4 Å². The van der Waals surface area contributed by atoms with Gasteiger partial charge in [0.15, 0.2) is 0 Å². The van der Waals surface area contributed by atoms with Gasteiger partial charge in [-0.3, -0.25) is 0 Å². The van der Waals surface area contributed by atoms with Crippen LogP contribution in [0.4, 0.5) is 11.8 Å². The molecular weight excluding hydrogens is 236 g/mol. The Morgan fingerprint density at radius 1 is 1.21 bits per heavy atom. The number of anilines is 2. The van der Waals surface area contributed by atoms with Crippen molar-refractivity contribution in [1.82, 2.24) is 9.97 Å². The highest BCUT2D eigenvalue weighted by molar-refractivity contribution is 5.45. The molecule has 1 fully saturated rings. The van der Waals surface area contributed by atoms with Crippen molar-refractivity contribution in [2.24, 2.45) is 0 Å². The van der Waals surface area contributed by atoms with Gasteiger partial charge in [-0.1, -0.05) is 27.7 Å². The van der Waals surface area contributed by atoms with Gasteiger partial charge in [0, 0.05) is 31.1 Å². The lowest BCUT2D eigenvalue weighted by Crippen LogP contribution is -2.24. The van der Waals surface area contributed by atoms with E-state index in [1.54, 1.807) is 0 Å². The molecule has 1 N–H and O–H groups in total. The SMILES string of the molecule is CCCNc1cc(C(C)(C)C)nc(N2CCCC2)n1. The summed E-state index contributed by atoms with van der Waals surface area (Å²) in [7, 11) is 0. The molecule has 0 radical (unpaired) electrons. The van der Waals surface area contributed by atoms with Crippen LogP contribution in [0.25, 0.3) is 0 Å². The zero-order valence-corrected chi connectivity index (χ0v) is 12.7. The van der Waals surface area contributed by atoms with Gasteiger partial charge < -0.3 is 10.2 Å². The van der Waals surface area contributed by atoms with Crippen LogP contribution in [0.15, 0.2) is 6.07 Å². The quantitative estimate of drug-likeness (QED) is 0.904. The van der Waals surface area contributed by atoms with E-state index in [2.05, 4.69) is 49.0 Å². The van der Waals surface area contributed by atoms with Crippen molar-refractivity contribution in [3.05, 3.63) is 11.8 Å². The highest BCUT2D eigenvalue weighted by Crippen LogP contribution is 2.26. The van der Waals surface area contributed by atoms with E-state index >= 15 is 0 Å². The van der Waals surface area contributed by atoms with Gasteiger partial charge in [0.2, 0.25) is 5.95 Å². The van der Waals surface area contributed by atoms with E-state index < -0.39 is 0 Å². The van der Waals surface area contributed by atoms with Crippen LogP contribution in [-0.4, -0.2) is 29.6 Å². The number of hydrogen-bond acceptors (Lipinski definition) is 4. The van der Waals surface area contributed by atoms with Crippen molar-refractivity contribution in [2.75, 3.05) is 29.9 Å². The molecule has 1 aromatic rings. The Hall–Kier alpha value is -1.32. The summed E-state index contributed by atoms with van der Waals surface area (Å²) in [6.45, 7) is 11.9. The lowest BCUT2D eigenvalue weighted by Gasteiger charge is -2.23. The predicted molar refractivity (Wildman–Crippen MR) is 81.0 cm³/mol. The first-order valence-electron chi connectivity index (χ1n) is 7.39. The third-order valence-electron chi connectivity index (χ3n) is 3.43. The first-order chi connectivity index (χ1) is 9.00. The Kier molecular flexibility index (Phi) is 4.27. The van der Waals surface area contributed by atoms with Gasteiger partial charge in [-0.2, -0.15) is 4.98 Å². The molecule has 19 heavy (non-hydrogen) atoms. The third kappa shape index (κ3) is 3.58. The topological polar surface area (TPSA) is 41.1 Å². The van der Waals surface area contributed by atoms with Crippen molar-refractivity contribution >= 4 is 11.8 Å². The van der Waals surface area contributed by atoms with Crippen molar-refractivity contribution in [3.63, 3.8) is 0 Å². The Morgan fingerprint density at radius 3 is 2.47 bits per heavy atom. The van der Waals surface area contributed by atoms with Crippen LogP contribution < -0.4 is 10.2 Å². The second-order valence-electron chi connectivity index (χ2n) is 6.31. The number of nitrogens with one attached hydrogen (secondary N) is 1. The maximum Gasteiger partial charge on any atom is 0.227 e. The second-order valence-corrected chi connectivity index (χ2v) is 6.31. The van der Waals surface area contributed by atoms with E-state index in [0.717, 1.165) is 43.5 Å². The molecule has 106 valence electrons. The normalized spacial score (nSPS) is 15.9. The van der Waals surface area contributed by atoms with E-state index in [9.17, 15) is 0 Å². The molecule has 1 aliphatic heterocycles. The average molecular weight is 262 g/mol. The van der Waals surface area contributed by atoms with Gasteiger partial charge in [-0.15, -0.1) is 0 Å². The standard InChI is InChI=1S/C15H26N4/c1-5-8-16-13-11-12(15(2,3)4)17-14(18-13)19-9-6-7-10-19/h11H,5-10H2,1-4H3,(H,16,17,18). The summed E-state index contributed by atoms with van der Waals surface area (Å²) in [5.74, 6) is 1.85. The zero-order valence-electron chi connectivity index (χ0n) is 12.7. The Bertz CT molecular complexity index is 417. The van der Waals surface area contributed by atoms with Gasteiger partial charge in [0.1, 0.15) is 5.82 Å². The van der Waals surface area contributed by atoms with Crippen LogP contribution in [-0.2, 0) is 5.41 Å². The average Bonchev–Trinajstić information content (AvgIpc) is 2.89. The molecule has 0 saturated carbocycles. The van der Waals surface area contributed by atoms with E-state index in [-0.39, 0.29) is 5.41 Å². The number of nitrogens with zero attached hydrogens (tertiary/aromatic N) is 3. The molecule has 4 nitrogen and oxygen atoms in total. The molecule has 1 aromatic heterocycles. The minimum Gasteiger partial charge on any atom is -0.370 e. The highest BCUT2D eigenvalue weighted by Gasteiger charge is 2.21. The molecule has 0 aromatic carbocycles. The maximum absolute atomic E-state index is 4.77. The lowest BCUT2D eigenvalue weighted by molar-refractivity contribution is 0.566. The van der Waals surface area contributed by atoms with Crippen LogP contribution in [0.1, 0.15) is 52.7 Å². The van der Waals surface area contributed by atoms with E-state index in [1.807, 2.05) is 0 Å². The molecule has 0 aliphatic carbocycles. The molecule has 0 spiro atoms. The number of rotatable bonds is 4. The fourth-order valence-electron chi connectivity index (χ4n) is 2.22. The summed E-state index contributed by atoms with van der Waals surface area (Å²) in [6, 6.07) is 2.09. The van der Waals surface area contributed by atoms with Crippen LogP contribution >= 0.6 is 0 Å². The first kappa shape index (κ1) is 14.1. The summed E-state index contributed by atoms with van der Waals surface area (Å²) in [6.07, 6.45) is 3.61. The van der Waals surface area contributed by atoms with Gasteiger partial charge in [-0.25, -0.2) is 4.98 Å². The zero-order chi connectivity index (χ0) is 13.9. The minimum atomic E-state index is 0.0556. The van der Waals surface area contributed by atoms with Crippen molar-refractivity contribution in [3.8, 4) is 0 Å². The Balaban J connectivity index is 2.30. The molecule has 1 saturated heterocycles. The fourth-order valence-corrected chi connectivity index (χ4v) is 2.22. The fraction of sp³-hybridized carbons (Fsp3) is 0.733. The molecule has 2 rings (SSSR count). The number of aromatic nitrogens is 2. The minimum absolute atomic E-state index is 0.0556. The van der Waals surface area contributed by atoms with Crippen molar-refractivity contribution in [1.29, 1.82) is 0 Å². The monoisotopic (exact) mass is 262 g/mol. The predicted octanol–water partition coefficient (Wildman–Crippen LogP) is 3.20. The molecule has 0 unspecified atom stereocenters. The second kappa shape index (κ2) is 5.76.